The topological polar surface area (TPSA) is 35.2 Å². The molecule has 0 saturated carbocycles. The van der Waals surface area contributed by atoms with Crippen molar-refractivity contribution in [3.8, 4) is 0 Å². The molecule has 1 unspecified atom stereocenters. The normalized spacial score (nSPS) is 17.6. The highest BCUT2D eigenvalue weighted by molar-refractivity contribution is 9.10. The molecule has 1 aromatic carbocycles. The van der Waals surface area contributed by atoms with Crippen molar-refractivity contribution in [1.29, 1.82) is 0 Å². The van der Waals surface area contributed by atoms with Gasteiger partial charge in [0.05, 0.1) is 18.9 Å². The van der Waals surface area contributed by atoms with Gasteiger partial charge in [-0.05, 0) is 42.2 Å². The van der Waals surface area contributed by atoms with Crippen molar-refractivity contribution in [3.63, 3.8) is 0 Å². The third kappa shape index (κ3) is 2.44. The van der Waals surface area contributed by atoms with Crippen LogP contribution in [0.25, 0.3) is 0 Å². The van der Waals surface area contributed by atoms with Crippen LogP contribution in [0.4, 0.5) is 4.39 Å². The number of rotatable bonds is 2. The lowest BCUT2D eigenvalue weighted by Crippen LogP contribution is -2.17. The van der Waals surface area contributed by atoms with Gasteiger partial charge >= 0.3 is 0 Å². The molecule has 0 aromatic heterocycles. The van der Waals surface area contributed by atoms with E-state index in [-0.39, 0.29) is 11.9 Å². The van der Waals surface area contributed by atoms with Crippen LogP contribution in [0.1, 0.15) is 24.4 Å². The lowest BCUT2D eigenvalue weighted by molar-refractivity contribution is 0.221. The molecule has 0 aliphatic carbocycles. The summed E-state index contributed by atoms with van der Waals surface area (Å²) < 4.78 is 19.2. The van der Waals surface area contributed by atoms with Gasteiger partial charge in [-0.15, -0.1) is 0 Å². The zero-order chi connectivity index (χ0) is 11.5. The van der Waals surface area contributed by atoms with Gasteiger partial charge in [0, 0.05) is 4.47 Å². The highest BCUT2D eigenvalue weighted by Crippen LogP contribution is 2.30. The smallest absolute Gasteiger partial charge is 0.123 e. The van der Waals surface area contributed by atoms with Crippen LogP contribution >= 0.6 is 15.9 Å². The fourth-order valence-corrected chi connectivity index (χ4v) is 2.26. The van der Waals surface area contributed by atoms with E-state index in [0.29, 0.717) is 0 Å². The average Bonchev–Trinajstić information content (AvgIpc) is 2.32. The van der Waals surface area contributed by atoms with Crippen LogP contribution in [-0.2, 0) is 4.74 Å². The fourth-order valence-electron chi connectivity index (χ4n) is 1.77. The first-order valence-corrected chi connectivity index (χ1v) is 5.99. The number of ether oxygens (including phenoxy) is 1. The molecule has 0 saturated heterocycles. The maximum atomic E-state index is 13.1. The Morgan fingerprint density at radius 1 is 1.44 bits per heavy atom. The van der Waals surface area contributed by atoms with Crippen molar-refractivity contribution in [3.05, 3.63) is 45.9 Å². The number of halogens is 2. The van der Waals surface area contributed by atoms with E-state index >= 15 is 0 Å². The molecule has 0 fully saturated rings. The summed E-state index contributed by atoms with van der Waals surface area (Å²) in [5, 5.41) is 0. The zero-order valence-corrected chi connectivity index (χ0v) is 10.3. The molecule has 0 radical (unpaired) electrons. The molecule has 4 heteroatoms. The quantitative estimate of drug-likeness (QED) is 0.905. The van der Waals surface area contributed by atoms with Gasteiger partial charge < -0.3 is 10.5 Å². The molecule has 0 bridgehead atoms. The van der Waals surface area contributed by atoms with Gasteiger partial charge in [-0.2, -0.15) is 0 Å². The predicted octanol–water partition coefficient (Wildman–Crippen LogP) is 3.28. The van der Waals surface area contributed by atoms with E-state index in [4.69, 9.17) is 10.5 Å². The second kappa shape index (κ2) is 4.97. The third-order valence-corrected chi connectivity index (χ3v) is 3.38. The molecule has 2 rings (SSSR count). The lowest BCUT2D eigenvalue weighted by Gasteiger charge is -2.21. The second-order valence-corrected chi connectivity index (χ2v) is 4.66. The Hall–Kier alpha value is -0.870. The van der Waals surface area contributed by atoms with Gasteiger partial charge in [-0.3, -0.25) is 0 Å². The number of nitrogens with two attached hydrogens (primary N) is 1. The van der Waals surface area contributed by atoms with Crippen LogP contribution in [0.5, 0.6) is 0 Å². The van der Waals surface area contributed by atoms with E-state index in [9.17, 15) is 4.39 Å². The van der Waals surface area contributed by atoms with Gasteiger partial charge in [0.15, 0.2) is 0 Å². The molecule has 86 valence electrons. The first-order chi connectivity index (χ1) is 7.68. The standard InChI is InChI=1S/C12H13BrFNO/c13-11-4-3-9(14)6-10(11)12(15)8-2-1-5-16-7-8/h3-4,6-7,12H,1-2,5,15H2. The van der Waals surface area contributed by atoms with Crippen molar-refractivity contribution in [2.24, 2.45) is 5.73 Å². The summed E-state index contributed by atoms with van der Waals surface area (Å²) in [6.07, 6.45) is 3.57. The molecule has 0 spiro atoms. The maximum absolute atomic E-state index is 13.1. The van der Waals surface area contributed by atoms with E-state index in [1.54, 1.807) is 12.3 Å². The summed E-state index contributed by atoms with van der Waals surface area (Å²) in [5.41, 5.74) is 7.87. The van der Waals surface area contributed by atoms with Crippen LogP contribution < -0.4 is 5.73 Å². The molecule has 1 heterocycles. The molecule has 1 aliphatic heterocycles. The highest BCUT2D eigenvalue weighted by atomic mass is 79.9. The number of benzene rings is 1. The van der Waals surface area contributed by atoms with Gasteiger partial charge in [0.25, 0.3) is 0 Å². The Morgan fingerprint density at radius 3 is 2.94 bits per heavy atom. The first kappa shape index (κ1) is 11.6. The van der Waals surface area contributed by atoms with E-state index in [1.807, 2.05) is 0 Å². The SMILES string of the molecule is NC(C1=COCCC1)c1cc(F)ccc1Br. The molecular formula is C12H13BrFNO. The fraction of sp³-hybridized carbons (Fsp3) is 0.333. The highest BCUT2D eigenvalue weighted by Gasteiger charge is 2.17. The second-order valence-electron chi connectivity index (χ2n) is 3.81. The first-order valence-electron chi connectivity index (χ1n) is 5.19. The minimum Gasteiger partial charge on any atom is -0.501 e. The van der Waals surface area contributed by atoms with Crippen molar-refractivity contribution < 1.29 is 9.13 Å². The van der Waals surface area contributed by atoms with Crippen LogP contribution in [0.3, 0.4) is 0 Å². The third-order valence-electron chi connectivity index (χ3n) is 2.65. The summed E-state index contributed by atoms with van der Waals surface area (Å²) in [6, 6.07) is 4.25. The molecule has 2 N–H and O–H groups in total. The van der Waals surface area contributed by atoms with Gasteiger partial charge in [0.1, 0.15) is 5.82 Å². The summed E-state index contributed by atoms with van der Waals surface area (Å²) in [4.78, 5) is 0. The minimum absolute atomic E-state index is 0.272. The van der Waals surface area contributed by atoms with Gasteiger partial charge in [-0.25, -0.2) is 4.39 Å². The Labute approximate surface area is 102 Å². The van der Waals surface area contributed by atoms with Gasteiger partial charge in [-0.1, -0.05) is 15.9 Å². The number of hydrogen-bond acceptors (Lipinski definition) is 2. The summed E-state index contributed by atoms with van der Waals surface area (Å²) in [7, 11) is 0. The molecule has 2 nitrogen and oxygen atoms in total. The summed E-state index contributed by atoms with van der Waals surface area (Å²) in [6.45, 7) is 0.737. The number of hydrogen-bond donors (Lipinski definition) is 1. The monoisotopic (exact) mass is 285 g/mol. The molecule has 1 aliphatic rings. The van der Waals surface area contributed by atoms with Crippen LogP contribution in [0.2, 0.25) is 0 Å². The largest absolute Gasteiger partial charge is 0.501 e. The molecule has 1 atom stereocenters. The summed E-state index contributed by atoms with van der Waals surface area (Å²) in [5.74, 6) is -0.272. The maximum Gasteiger partial charge on any atom is 0.123 e. The van der Waals surface area contributed by atoms with E-state index in [1.165, 1.54) is 12.1 Å². The zero-order valence-electron chi connectivity index (χ0n) is 8.75. The molecular weight excluding hydrogens is 273 g/mol. The Kier molecular flexibility index (Phi) is 3.61. The molecule has 16 heavy (non-hydrogen) atoms. The van der Waals surface area contributed by atoms with Crippen molar-refractivity contribution in [2.45, 2.75) is 18.9 Å². The Bertz CT molecular complexity index is 419. The molecule has 1 aromatic rings. The average molecular weight is 286 g/mol. The molecule has 0 amide bonds. The van der Waals surface area contributed by atoms with Crippen LogP contribution in [-0.4, -0.2) is 6.61 Å². The van der Waals surface area contributed by atoms with E-state index < -0.39 is 0 Å². The Morgan fingerprint density at radius 2 is 2.25 bits per heavy atom. The predicted molar refractivity (Wildman–Crippen MR) is 64.3 cm³/mol. The Balaban J connectivity index is 2.29. The van der Waals surface area contributed by atoms with E-state index in [0.717, 1.165) is 35.1 Å². The van der Waals surface area contributed by atoms with Gasteiger partial charge in [0.2, 0.25) is 0 Å². The van der Waals surface area contributed by atoms with Crippen LogP contribution in [0.15, 0.2) is 34.5 Å². The van der Waals surface area contributed by atoms with E-state index in [2.05, 4.69) is 15.9 Å². The lowest BCUT2D eigenvalue weighted by atomic mass is 9.96. The van der Waals surface area contributed by atoms with Crippen molar-refractivity contribution in [1.82, 2.24) is 0 Å². The summed E-state index contributed by atoms with van der Waals surface area (Å²) >= 11 is 3.38. The van der Waals surface area contributed by atoms with Crippen molar-refractivity contribution in [2.75, 3.05) is 6.61 Å². The minimum atomic E-state index is -0.301. The van der Waals surface area contributed by atoms with Crippen LogP contribution in [0, 0.1) is 5.82 Å². The van der Waals surface area contributed by atoms with Crippen molar-refractivity contribution >= 4 is 15.9 Å².